The molecule has 2 amide bonds. The van der Waals surface area contributed by atoms with Gasteiger partial charge in [-0.15, -0.1) is 0 Å². The Kier molecular flexibility index (Phi) is 5.85. The topological polar surface area (TPSA) is 62.6 Å². The van der Waals surface area contributed by atoms with E-state index < -0.39 is 0 Å². The van der Waals surface area contributed by atoms with E-state index in [1.165, 1.54) is 18.4 Å². The zero-order valence-corrected chi connectivity index (χ0v) is 18.5. The largest absolute Gasteiger partial charge is 0.339 e. The molecule has 168 valence electrons. The molecule has 6 heteroatoms. The Morgan fingerprint density at radius 2 is 1.81 bits per heavy atom. The predicted octanol–water partition coefficient (Wildman–Crippen LogP) is 2.77. The van der Waals surface area contributed by atoms with Gasteiger partial charge in [-0.25, -0.2) is 0 Å². The Bertz CT molecular complexity index is 1060. The van der Waals surface area contributed by atoms with Crippen molar-refractivity contribution < 1.29 is 9.59 Å². The van der Waals surface area contributed by atoms with Crippen molar-refractivity contribution in [1.29, 1.82) is 0 Å². The lowest BCUT2D eigenvalue weighted by atomic mass is 9.99. The Labute approximate surface area is 188 Å². The third-order valence-electron chi connectivity index (χ3n) is 7.39. The van der Waals surface area contributed by atoms with E-state index in [-0.39, 0.29) is 23.3 Å². The number of pyridine rings is 1. The molecule has 0 bridgehead atoms. The van der Waals surface area contributed by atoms with E-state index in [4.69, 9.17) is 0 Å². The number of aromatic nitrogens is 1. The number of amides is 2. The van der Waals surface area contributed by atoms with Gasteiger partial charge in [0.25, 0.3) is 5.56 Å². The van der Waals surface area contributed by atoms with Crippen molar-refractivity contribution in [3.05, 3.63) is 69.6 Å². The first-order valence-corrected chi connectivity index (χ1v) is 11.9. The van der Waals surface area contributed by atoms with Gasteiger partial charge in [0, 0.05) is 50.9 Å². The lowest BCUT2D eigenvalue weighted by Gasteiger charge is -2.31. The van der Waals surface area contributed by atoms with Crippen LogP contribution in [0.4, 0.5) is 0 Å². The first-order valence-electron chi connectivity index (χ1n) is 11.9. The molecule has 0 radical (unpaired) electrons. The van der Waals surface area contributed by atoms with Gasteiger partial charge in [-0.1, -0.05) is 43.2 Å². The van der Waals surface area contributed by atoms with Crippen LogP contribution in [0.1, 0.15) is 48.8 Å². The van der Waals surface area contributed by atoms with Crippen LogP contribution in [0.25, 0.3) is 0 Å². The molecule has 1 saturated carbocycles. The summed E-state index contributed by atoms with van der Waals surface area (Å²) in [7, 11) is 0. The number of hydrogen-bond donors (Lipinski definition) is 0. The van der Waals surface area contributed by atoms with Crippen molar-refractivity contribution in [2.75, 3.05) is 13.1 Å². The minimum absolute atomic E-state index is 0.0213. The van der Waals surface area contributed by atoms with Crippen LogP contribution in [0, 0.1) is 5.92 Å². The molecule has 5 rings (SSSR count). The molecule has 1 aromatic heterocycles. The van der Waals surface area contributed by atoms with Gasteiger partial charge in [0.1, 0.15) is 0 Å². The van der Waals surface area contributed by atoms with E-state index in [1.54, 1.807) is 10.6 Å². The first kappa shape index (κ1) is 21.0. The third-order valence-corrected chi connectivity index (χ3v) is 7.39. The summed E-state index contributed by atoms with van der Waals surface area (Å²) in [5.41, 5.74) is 3.32. The van der Waals surface area contributed by atoms with Crippen molar-refractivity contribution in [2.45, 2.75) is 64.1 Å². The van der Waals surface area contributed by atoms with Crippen molar-refractivity contribution >= 4 is 11.8 Å². The summed E-state index contributed by atoms with van der Waals surface area (Å²) in [6.07, 6.45) is 8.28. The fraction of sp³-hybridized carbons (Fsp3) is 0.500. The van der Waals surface area contributed by atoms with Gasteiger partial charge in [-0.3, -0.25) is 14.4 Å². The normalized spacial score (nSPS) is 21.2. The molecule has 2 aromatic rings. The molecule has 1 aromatic carbocycles. The maximum absolute atomic E-state index is 13.3. The summed E-state index contributed by atoms with van der Waals surface area (Å²) in [4.78, 5) is 42.2. The highest BCUT2D eigenvalue weighted by Crippen LogP contribution is 2.31. The summed E-state index contributed by atoms with van der Waals surface area (Å²) >= 11 is 0. The van der Waals surface area contributed by atoms with Crippen LogP contribution in [-0.4, -0.2) is 45.3 Å². The lowest BCUT2D eigenvalue weighted by molar-refractivity contribution is -0.136. The predicted molar refractivity (Wildman–Crippen MR) is 122 cm³/mol. The van der Waals surface area contributed by atoms with E-state index in [0.29, 0.717) is 45.1 Å². The quantitative estimate of drug-likeness (QED) is 0.729. The Morgan fingerprint density at radius 3 is 2.59 bits per heavy atom. The van der Waals surface area contributed by atoms with Crippen molar-refractivity contribution in [3.63, 3.8) is 0 Å². The Balaban J connectivity index is 1.26. The number of rotatable bonds is 5. The highest BCUT2D eigenvalue weighted by Gasteiger charge is 2.40. The molecule has 1 aliphatic carbocycles. The van der Waals surface area contributed by atoms with Crippen LogP contribution in [0.3, 0.4) is 0 Å². The standard InChI is InChI=1S/C26H31N3O3/c30-24-14-20-11-13-28(17-22(20)16-27(24)12-10-19-6-2-1-3-7-19)26(32)21-15-25(31)29(18-21)23-8-4-5-9-23/h1-3,6-7,14,16,21,23H,4-5,8-13,15,17-18H2. The molecule has 1 atom stereocenters. The van der Waals surface area contributed by atoms with Crippen molar-refractivity contribution in [2.24, 2.45) is 5.92 Å². The van der Waals surface area contributed by atoms with Crippen LogP contribution < -0.4 is 5.56 Å². The lowest BCUT2D eigenvalue weighted by Crippen LogP contribution is -2.42. The number of likely N-dealkylation sites (tertiary alicyclic amines) is 1. The van der Waals surface area contributed by atoms with Gasteiger partial charge >= 0.3 is 0 Å². The average Bonchev–Trinajstić information content (AvgIpc) is 3.47. The summed E-state index contributed by atoms with van der Waals surface area (Å²) in [6.45, 7) is 2.33. The SMILES string of the molecule is O=C(C1CC(=O)N(C2CCCC2)C1)N1CCc2cc(=O)n(CCc3ccccc3)cc2C1. The van der Waals surface area contributed by atoms with E-state index in [1.807, 2.05) is 34.2 Å². The minimum Gasteiger partial charge on any atom is -0.339 e. The van der Waals surface area contributed by atoms with Crippen LogP contribution in [-0.2, 0) is 35.5 Å². The number of benzene rings is 1. The Morgan fingerprint density at radius 1 is 1.03 bits per heavy atom. The summed E-state index contributed by atoms with van der Waals surface area (Å²) in [6, 6.07) is 12.2. The second-order valence-electron chi connectivity index (χ2n) is 9.49. The van der Waals surface area contributed by atoms with Gasteiger partial charge in [-0.2, -0.15) is 0 Å². The highest BCUT2D eigenvalue weighted by molar-refractivity contribution is 5.89. The van der Waals surface area contributed by atoms with Gasteiger partial charge in [0.2, 0.25) is 11.8 Å². The third kappa shape index (κ3) is 4.23. The maximum Gasteiger partial charge on any atom is 0.250 e. The van der Waals surface area contributed by atoms with Gasteiger partial charge in [0.05, 0.1) is 5.92 Å². The molecule has 2 aliphatic heterocycles. The molecular formula is C26H31N3O3. The fourth-order valence-electron chi connectivity index (χ4n) is 5.56. The number of hydrogen-bond acceptors (Lipinski definition) is 3. The van der Waals surface area contributed by atoms with Crippen LogP contribution in [0.5, 0.6) is 0 Å². The molecule has 32 heavy (non-hydrogen) atoms. The van der Waals surface area contributed by atoms with Crippen LogP contribution in [0.15, 0.2) is 47.4 Å². The van der Waals surface area contributed by atoms with Gasteiger partial charge in [0.15, 0.2) is 0 Å². The number of carbonyl (C=O) groups excluding carboxylic acids is 2. The fourth-order valence-corrected chi connectivity index (χ4v) is 5.56. The van der Waals surface area contributed by atoms with E-state index in [0.717, 1.165) is 30.4 Å². The first-order chi connectivity index (χ1) is 15.6. The van der Waals surface area contributed by atoms with E-state index in [2.05, 4.69) is 12.1 Å². The summed E-state index contributed by atoms with van der Waals surface area (Å²) in [5, 5.41) is 0. The molecule has 3 heterocycles. The van der Waals surface area contributed by atoms with Gasteiger partial charge in [-0.05, 0) is 42.4 Å². The Hall–Kier alpha value is -2.89. The van der Waals surface area contributed by atoms with E-state index >= 15 is 0 Å². The number of carbonyl (C=O) groups is 2. The minimum atomic E-state index is -0.228. The second kappa shape index (κ2) is 8.93. The smallest absolute Gasteiger partial charge is 0.250 e. The molecular weight excluding hydrogens is 402 g/mol. The second-order valence-corrected chi connectivity index (χ2v) is 9.49. The maximum atomic E-state index is 13.3. The van der Waals surface area contributed by atoms with Crippen LogP contribution in [0.2, 0.25) is 0 Å². The molecule has 2 fully saturated rings. The van der Waals surface area contributed by atoms with Gasteiger partial charge < -0.3 is 14.4 Å². The summed E-state index contributed by atoms with van der Waals surface area (Å²) in [5.74, 6) is 0.00239. The van der Waals surface area contributed by atoms with E-state index in [9.17, 15) is 14.4 Å². The zero-order valence-electron chi connectivity index (χ0n) is 18.5. The molecule has 1 saturated heterocycles. The van der Waals surface area contributed by atoms with Crippen molar-refractivity contribution in [3.8, 4) is 0 Å². The zero-order chi connectivity index (χ0) is 22.1. The summed E-state index contributed by atoms with van der Waals surface area (Å²) < 4.78 is 1.76. The number of fused-ring (bicyclic) bond motifs is 1. The molecule has 0 spiro atoms. The molecule has 1 unspecified atom stereocenters. The monoisotopic (exact) mass is 433 g/mol. The molecule has 0 N–H and O–H groups in total. The molecule has 6 nitrogen and oxygen atoms in total. The highest BCUT2D eigenvalue weighted by atomic mass is 16.2. The average molecular weight is 434 g/mol. The number of aryl methyl sites for hydroxylation is 2. The van der Waals surface area contributed by atoms with Crippen molar-refractivity contribution in [1.82, 2.24) is 14.4 Å². The van der Waals surface area contributed by atoms with Crippen LogP contribution >= 0.6 is 0 Å². The molecule has 3 aliphatic rings. The number of nitrogens with zero attached hydrogens (tertiary/aromatic N) is 3.